The normalized spacial score (nSPS) is 12.5. The van der Waals surface area contributed by atoms with Crippen LogP contribution in [0.2, 0.25) is 0 Å². The van der Waals surface area contributed by atoms with Crippen LogP contribution in [0.15, 0.2) is 36.5 Å². The number of nitrogens with zero attached hydrogens (tertiary/aromatic N) is 1. The summed E-state index contributed by atoms with van der Waals surface area (Å²) in [4.78, 5) is 14.9. The van der Waals surface area contributed by atoms with Gasteiger partial charge >= 0.3 is 5.97 Å². The maximum absolute atomic E-state index is 10.7. The van der Waals surface area contributed by atoms with Crippen molar-refractivity contribution in [2.45, 2.75) is 19.8 Å². The summed E-state index contributed by atoms with van der Waals surface area (Å²) < 4.78 is 0. The molecule has 0 aliphatic heterocycles. The zero-order valence-electron chi connectivity index (χ0n) is 9.76. The summed E-state index contributed by atoms with van der Waals surface area (Å²) in [7, 11) is 0. The zero-order valence-corrected chi connectivity index (χ0v) is 9.76. The Morgan fingerprint density at radius 3 is 2.88 bits per heavy atom. The van der Waals surface area contributed by atoms with Crippen LogP contribution in [0.4, 0.5) is 0 Å². The molecule has 0 saturated carbocycles. The summed E-state index contributed by atoms with van der Waals surface area (Å²) in [6, 6.07) is 9.92. The molecule has 3 nitrogen and oxygen atoms in total. The van der Waals surface area contributed by atoms with E-state index in [1.807, 2.05) is 37.3 Å². The molecule has 17 heavy (non-hydrogen) atoms. The molecule has 0 saturated heterocycles. The highest BCUT2D eigenvalue weighted by Crippen LogP contribution is 2.20. The van der Waals surface area contributed by atoms with Crippen molar-refractivity contribution in [1.29, 1.82) is 0 Å². The lowest BCUT2D eigenvalue weighted by atomic mass is 9.96. The van der Waals surface area contributed by atoms with Gasteiger partial charge in [0.1, 0.15) is 0 Å². The fourth-order valence-corrected chi connectivity index (χ4v) is 2.08. The quantitative estimate of drug-likeness (QED) is 0.877. The average molecular weight is 229 g/mol. The highest BCUT2D eigenvalue weighted by molar-refractivity contribution is 5.81. The molecule has 0 fully saturated rings. The van der Waals surface area contributed by atoms with Crippen LogP contribution in [0.25, 0.3) is 10.9 Å². The summed E-state index contributed by atoms with van der Waals surface area (Å²) in [6.45, 7) is 1.96. The van der Waals surface area contributed by atoms with E-state index in [0.717, 1.165) is 17.3 Å². The summed E-state index contributed by atoms with van der Waals surface area (Å²) in [6.07, 6.45) is 2.76. The number of carboxylic acids is 1. The number of para-hydroxylation sites is 1. The number of fused-ring (bicyclic) bond motifs is 1. The Kier molecular flexibility index (Phi) is 3.38. The van der Waals surface area contributed by atoms with Crippen molar-refractivity contribution in [3.05, 3.63) is 42.1 Å². The molecule has 0 aliphatic carbocycles. The summed E-state index contributed by atoms with van der Waals surface area (Å²) in [5, 5.41) is 9.88. The van der Waals surface area contributed by atoms with Gasteiger partial charge in [-0.05, 0) is 30.0 Å². The summed E-state index contributed by atoms with van der Waals surface area (Å²) in [5.41, 5.74) is 2.14. The lowest BCUT2D eigenvalue weighted by Gasteiger charge is -2.10. The van der Waals surface area contributed by atoms with Gasteiger partial charge in [-0.2, -0.15) is 0 Å². The van der Waals surface area contributed by atoms with E-state index in [-0.39, 0.29) is 12.3 Å². The highest BCUT2D eigenvalue weighted by atomic mass is 16.4. The van der Waals surface area contributed by atoms with Crippen molar-refractivity contribution in [1.82, 2.24) is 4.98 Å². The predicted molar refractivity (Wildman–Crippen MR) is 66.9 cm³/mol. The Morgan fingerprint density at radius 1 is 1.35 bits per heavy atom. The largest absolute Gasteiger partial charge is 0.481 e. The van der Waals surface area contributed by atoms with E-state index in [0.29, 0.717) is 0 Å². The topological polar surface area (TPSA) is 50.2 Å². The maximum atomic E-state index is 10.7. The van der Waals surface area contributed by atoms with Gasteiger partial charge in [0, 0.05) is 18.0 Å². The Balaban J connectivity index is 2.26. The van der Waals surface area contributed by atoms with Gasteiger partial charge in [-0.3, -0.25) is 9.78 Å². The van der Waals surface area contributed by atoms with E-state index < -0.39 is 5.97 Å². The van der Waals surface area contributed by atoms with Crippen molar-refractivity contribution in [2.75, 3.05) is 0 Å². The zero-order chi connectivity index (χ0) is 12.3. The van der Waals surface area contributed by atoms with Gasteiger partial charge in [0.05, 0.1) is 5.52 Å². The second-order valence-electron chi connectivity index (χ2n) is 4.39. The van der Waals surface area contributed by atoms with Crippen LogP contribution in [0.1, 0.15) is 18.9 Å². The minimum Gasteiger partial charge on any atom is -0.481 e. The number of rotatable bonds is 4. The number of pyridine rings is 1. The average Bonchev–Trinajstić information content (AvgIpc) is 2.28. The van der Waals surface area contributed by atoms with Crippen molar-refractivity contribution >= 4 is 16.9 Å². The first kappa shape index (κ1) is 11.6. The molecule has 1 N–H and O–H groups in total. The molecule has 0 spiro atoms. The molecule has 1 unspecified atom stereocenters. The number of hydrogen-bond donors (Lipinski definition) is 1. The van der Waals surface area contributed by atoms with Gasteiger partial charge in [-0.15, -0.1) is 0 Å². The molecule has 0 radical (unpaired) electrons. The Labute approximate surface area is 100 Å². The number of carbonyl (C=O) groups is 1. The number of carboxylic acid groups (broad SMARTS) is 1. The molecule has 88 valence electrons. The lowest BCUT2D eigenvalue weighted by Crippen LogP contribution is -2.07. The highest BCUT2D eigenvalue weighted by Gasteiger charge is 2.10. The van der Waals surface area contributed by atoms with E-state index in [1.165, 1.54) is 5.56 Å². The Hall–Kier alpha value is -1.90. The third-order valence-electron chi connectivity index (χ3n) is 2.83. The lowest BCUT2D eigenvalue weighted by molar-refractivity contribution is -0.137. The molecule has 1 atom stereocenters. The van der Waals surface area contributed by atoms with Crippen LogP contribution in [0, 0.1) is 5.92 Å². The van der Waals surface area contributed by atoms with E-state index in [4.69, 9.17) is 5.11 Å². The maximum Gasteiger partial charge on any atom is 0.303 e. The van der Waals surface area contributed by atoms with Crippen molar-refractivity contribution in [3.63, 3.8) is 0 Å². The standard InChI is InChI=1S/C14H15NO2/c1-10(9-14(16)17)8-11-6-7-15-13-5-3-2-4-12(11)13/h2-7,10H,8-9H2,1H3,(H,16,17). The molecule has 2 rings (SSSR count). The van der Waals surface area contributed by atoms with Gasteiger partial charge in [0.15, 0.2) is 0 Å². The van der Waals surface area contributed by atoms with Crippen LogP contribution >= 0.6 is 0 Å². The third kappa shape index (κ3) is 2.81. The van der Waals surface area contributed by atoms with Crippen LogP contribution in [-0.2, 0) is 11.2 Å². The second-order valence-corrected chi connectivity index (χ2v) is 4.39. The number of benzene rings is 1. The number of hydrogen-bond acceptors (Lipinski definition) is 2. The Morgan fingerprint density at radius 2 is 2.12 bits per heavy atom. The molecule has 2 aromatic rings. The van der Waals surface area contributed by atoms with Gasteiger partial charge in [-0.25, -0.2) is 0 Å². The van der Waals surface area contributed by atoms with E-state index in [1.54, 1.807) is 6.20 Å². The molecular weight excluding hydrogens is 214 g/mol. The summed E-state index contributed by atoms with van der Waals surface area (Å²) >= 11 is 0. The van der Waals surface area contributed by atoms with Gasteiger partial charge in [-0.1, -0.05) is 25.1 Å². The predicted octanol–water partition coefficient (Wildman–Crippen LogP) is 2.89. The Bertz CT molecular complexity index is 531. The number of aliphatic carboxylic acids is 1. The molecule has 0 aliphatic rings. The molecule has 0 bridgehead atoms. The monoisotopic (exact) mass is 229 g/mol. The second kappa shape index (κ2) is 4.95. The van der Waals surface area contributed by atoms with Crippen LogP contribution in [0.3, 0.4) is 0 Å². The fraction of sp³-hybridized carbons (Fsp3) is 0.286. The molecule has 0 amide bonds. The summed E-state index contributed by atoms with van der Waals surface area (Å²) in [5.74, 6) is -0.603. The first-order valence-electron chi connectivity index (χ1n) is 5.71. The van der Waals surface area contributed by atoms with Crippen LogP contribution in [0.5, 0.6) is 0 Å². The first-order chi connectivity index (χ1) is 8.16. The van der Waals surface area contributed by atoms with Crippen LogP contribution < -0.4 is 0 Å². The van der Waals surface area contributed by atoms with E-state index >= 15 is 0 Å². The SMILES string of the molecule is CC(CC(=O)O)Cc1ccnc2ccccc12. The molecular formula is C14H15NO2. The van der Waals surface area contributed by atoms with E-state index in [9.17, 15) is 4.79 Å². The third-order valence-corrected chi connectivity index (χ3v) is 2.83. The smallest absolute Gasteiger partial charge is 0.303 e. The van der Waals surface area contributed by atoms with Gasteiger partial charge in [0.25, 0.3) is 0 Å². The molecule has 3 heteroatoms. The van der Waals surface area contributed by atoms with Crippen molar-refractivity contribution < 1.29 is 9.90 Å². The minimum atomic E-state index is -0.740. The first-order valence-corrected chi connectivity index (χ1v) is 5.71. The number of aromatic nitrogens is 1. The molecule has 1 aromatic heterocycles. The molecule has 1 aromatic carbocycles. The minimum absolute atomic E-state index is 0.137. The van der Waals surface area contributed by atoms with E-state index in [2.05, 4.69) is 4.98 Å². The van der Waals surface area contributed by atoms with Crippen LogP contribution in [-0.4, -0.2) is 16.1 Å². The fourth-order valence-electron chi connectivity index (χ4n) is 2.08. The van der Waals surface area contributed by atoms with Gasteiger partial charge in [0.2, 0.25) is 0 Å². The van der Waals surface area contributed by atoms with Crippen molar-refractivity contribution in [2.24, 2.45) is 5.92 Å². The van der Waals surface area contributed by atoms with Gasteiger partial charge < -0.3 is 5.11 Å². The van der Waals surface area contributed by atoms with Crippen molar-refractivity contribution in [3.8, 4) is 0 Å². The molecule has 1 heterocycles.